The van der Waals surface area contributed by atoms with Crippen LogP contribution >= 0.6 is 15.9 Å². The van der Waals surface area contributed by atoms with Crippen LogP contribution in [0.2, 0.25) is 0 Å². The average molecular weight is 339 g/mol. The van der Waals surface area contributed by atoms with Crippen LogP contribution in [0.15, 0.2) is 41.0 Å². The summed E-state index contributed by atoms with van der Waals surface area (Å²) in [6.07, 6.45) is 1.07. The lowest BCUT2D eigenvalue weighted by atomic mass is 10.1. The maximum absolute atomic E-state index is 12.7. The van der Waals surface area contributed by atoms with Crippen molar-refractivity contribution in [2.24, 2.45) is 0 Å². The molecular formula is C13H8BrFN2O3. The summed E-state index contributed by atoms with van der Waals surface area (Å²) in [6.45, 7) is 0. The van der Waals surface area contributed by atoms with E-state index in [0.717, 1.165) is 12.3 Å². The topological polar surface area (TPSA) is 79.3 Å². The SMILES string of the molecule is O=C(Nc1ccc(Br)cc1C(=O)O)c1ccc(F)nc1. The Morgan fingerprint density at radius 1 is 1.25 bits per heavy atom. The molecule has 2 rings (SSSR count). The Morgan fingerprint density at radius 3 is 2.60 bits per heavy atom. The fraction of sp³-hybridized carbons (Fsp3) is 0. The molecule has 7 heteroatoms. The standard InChI is InChI=1S/C13H8BrFN2O3/c14-8-2-3-10(9(5-8)13(19)20)17-12(18)7-1-4-11(15)16-6-7/h1-6H,(H,17,18)(H,19,20). The Balaban J connectivity index is 2.28. The molecule has 0 aliphatic heterocycles. The molecule has 5 nitrogen and oxygen atoms in total. The highest BCUT2D eigenvalue weighted by atomic mass is 79.9. The summed E-state index contributed by atoms with van der Waals surface area (Å²) in [4.78, 5) is 26.4. The van der Waals surface area contributed by atoms with Gasteiger partial charge in [-0.2, -0.15) is 4.39 Å². The van der Waals surface area contributed by atoms with Gasteiger partial charge in [0.1, 0.15) is 0 Å². The molecule has 1 heterocycles. The predicted molar refractivity (Wildman–Crippen MR) is 73.2 cm³/mol. The Morgan fingerprint density at radius 2 is 2.00 bits per heavy atom. The van der Waals surface area contributed by atoms with Crippen molar-refractivity contribution in [3.8, 4) is 0 Å². The highest BCUT2D eigenvalue weighted by Crippen LogP contribution is 2.21. The van der Waals surface area contributed by atoms with E-state index in [2.05, 4.69) is 26.2 Å². The lowest BCUT2D eigenvalue weighted by molar-refractivity contribution is 0.0698. The third kappa shape index (κ3) is 3.18. The van der Waals surface area contributed by atoms with Gasteiger partial charge in [0.05, 0.1) is 16.8 Å². The van der Waals surface area contributed by atoms with Crippen LogP contribution < -0.4 is 5.32 Å². The van der Waals surface area contributed by atoms with Gasteiger partial charge in [0.15, 0.2) is 0 Å². The maximum atomic E-state index is 12.7. The minimum atomic E-state index is -1.17. The first kappa shape index (κ1) is 14.1. The third-order valence-electron chi connectivity index (χ3n) is 2.45. The van der Waals surface area contributed by atoms with Crippen LogP contribution in [0.1, 0.15) is 20.7 Å². The first-order valence-electron chi connectivity index (χ1n) is 5.43. The Labute approximate surface area is 121 Å². The summed E-state index contributed by atoms with van der Waals surface area (Å²) in [5.74, 6) is -2.43. The van der Waals surface area contributed by atoms with Crippen molar-refractivity contribution in [2.75, 3.05) is 5.32 Å². The number of pyridine rings is 1. The Kier molecular flexibility index (Phi) is 4.09. The minimum Gasteiger partial charge on any atom is -0.478 e. The van der Waals surface area contributed by atoms with Gasteiger partial charge >= 0.3 is 5.97 Å². The number of hydrogen-bond acceptors (Lipinski definition) is 3. The van der Waals surface area contributed by atoms with Crippen LogP contribution in [0.3, 0.4) is 0 Å². The summed E-state index contributed by atoms with van der Waals surface area (Å²) in [6, 6.07) is 6.75. The van der Waals surface area contributed by atoms with Crippen molar-refractivity contribution in [1.29, 1.82) is 0 Å². The molecule has 0 bridgehead atoms. The molecule has 0 aliphatic carbocycles. The number of hydrogen-bond donors (Lipinski definition) is 2. The van der Waals surface area contributed by atoms with Crippen LogP contribution in [0, 0.1) is 5.95 Å². The molecule has 2 aromatic rings. The summed E-state index contributed by atoms with van der Waals surface area (Å²) in [5.41, 5.74) is 0.225. The van der Waals surface area contributed by atoms with Gasteiger partial charge in [0.2, 0.25) is 5.95 Å². The van der Waals surface area contributed by atoms with E-state index in [1.165, 1.54) is 18.2 Å². The zero-order valence-electron chi connectivity index (χ0n) is 9.93. The van der Waals surface area contributed by atoms with Gasteiger partial charge in [-0.15, -0.1) is 0 Å². The molecule has 1 aromatic heterocycles. The van der Waals surface area contributed by atoms with E-state index in [-0.39, 0.29) is 16.8 Å². The fourth-order valence-electron chi connectivity index (χ4n) is 1.51. The second-order valence-corrected chi connectivity index (χ2v) is 4.73. The smallest absolute Gasteiger partial charge is 0.337 e. The number of nitrogens with zero attached hydrogens (tertiary/aromatic N) is 1. The van der Waals surface area contributed by atoms with Gasteiger partial charge in [-0.25, -0.2) is 9.78 Å². The average Bonchev–Trinajstić information content (AvgIpc) is 2.41. The highest BCUT2D eigenvalue weighted by molar-refractivity contribution is 9.10. The summed E-state index contributed by atoms with van der Waals surface area (Å²) < 4.78 is 13.2. The number of aromatic nitrogens is 1. The molecular weight excluding hydrogens is 331 g/mol. The molecule has 0 radical (unpaired) electrons. The van der Waals surface area contributed by atoms with Crippen molar-refractivity contribution >= 4 is 33.5 Å². The van der Waals surface area contributed by atoms with E-state index in [0.29, 0.717) is 4.47 Å². The molecule has 20 heavy (non-hydrogen) atoms. The van der Waals surface area contributed by atoms with E-state index >= 15 is 0 Å². The normalized spacial score (nSPS) is 10.1. The first-order chi connectivity index (χ1) is 9.47. The molecule has 0 spiro atoms. The lowest BCUT2D eigenvalue weighted by Gasteiger charge is -2.08. The van der Waals surface area contributed by atoms with Crippen molar-refractivity contribution in [1.82, 2.24) is 4.98 Å². The maximum Gasteiger partial charge on any atom is 0.337 e. The molecule has 0 saturated carbocycles. The van der Waals surface area contributed by atoms with E-state index in [4.69, 9.17) is 5.11 Å². The summed E-state index contributed by atoms with van der Waals surface area (Å²) in [5, 5.41) is 11.5. The summed E-state index contributed by atoms with van der Waals surface area (Å²) >= 11 is 3.16. The van der Waals surface area contributed by atoms with Gasteiger partial charge in [0.25, 0.3) is 5.91 Å². The molecule has 0 aliphatic rings. The number of carbonyl (C=O) groups is 2. The van der Waals surface area contributed by atoms with E-state index in [1.807, 2.05) is 0 Å². The number of amides is 1. The Hall–Kier alpha value is -2.28. The number of carbonyl (C=O) groups excluding carboxylic acids is 1. The number of benzene rings is 1. The third-order valence-corrected chi connectivity index (χ3v) is 2.94. The van der Waals surface area contributed by atoms with E-state index in [1.54, 1.807) is 6.07 Å². The molecule has 2 N–H and O–H groups in total. The highest BCUT2D eigenvalue weighted by Gasteiger charge is 2.14. The molecule has 0 atom stereocenters. The molecule has 0 saturated heterocycles. The van der Waals surface area contributed by atoms with E-state index < -0.39 is 17.8 Å². The van der Waals surface area contributed by atoms with Gasteiger partial charge in [-0.1, -0.05) is 15.9 Å². The minimum absolute atomic E-state index is 0.0530. The second kappa shape index (κ2) is 5.79. The number of carboxylic acid groups (broad SMARTS) is 1. The van der Waals surface area contributed by atoms with Crippen LogP contribution in [0.5, 0.6) is 0 Å². The van der Waals surface area contributed by atoms with Gasteiger partial charge in [-0.3, -0.25) is 4.79 Å². The van der Waals surface area contributed by atoms with Gasteiger partial charge in [0, 0.05) is 10.7 Å². The Bertz CT molecular complexity index is 674. The molecule has 0 fully saturated rings. The molecule has 0 unspecified atom stereocenters. The fourth-order valence-corrected chi connectivity index (χ4v) is 1.87. The van der Waals surface area contributed by atoms with Crippen molar-refractivity contribution in [2.45, 2.75) is 0 Å². The largest absolute Gasteiger partial charge is 0.478 e. The molecule has 1 amide bonds. The van der Waals surface area contributed by atoms with Crippen LogP contribution in [0.4, 0.5) is 10.1 Å². The molecule has 102 valence electrons. The van der Waals surface area contributed by atoms with Crippen LogP contribution in [-0.4, -0.2) is 22.0 Å². The number of rotatable bonds is 3. The van der Waals surface area contributed by atoms with Crippen molar-refractivity contribution < 1.29 is 19.1 Å². The van der Waals surface area contributed by atoms with Crippen LogP contribution in [0.25, 0.3) is 0 Å². The van der Waals surface area contributed by atoms with Crippen molar-refractivity contribution in [3.63, 3.8) is 0 Å². The zero-order chi connectivity index (χ0) is 14.7. The van der Waals surface area contributed by atoms with Gasteiger partial charge in [-0.05, 0) is 30.3 Å². The first-order valence-corrected chi connectivity index (χ1v) is 6.22. The molecule has 1 aromatic carbocycles. The lowest BCUT2D eigenvalue weighted by Crippen LogP contribution is -2.15. The van der Waals surface area contributed by atoms with E-state index in [9.17, 15) is 14.0 Å². The van der Waals surface area contributed by atoms with Crippen LogP contribution in [-0.2, 0) is 0 Å². The summed E-state index contributed by atoms with van der Waals surface area (Å²) in [7, 11) is 0. The number of nitrogens with one attached hydrogen (secondary N) is 1. The van der Waals surface area contributed by atoms with Crippen molar-refractivity contribution in [3.05, 3.63) is 58.1 Å². The zero-order valence-corrected chi connectivity index (χ0v) is 11.5. The van der Waals surface area contributed by atoms with Gasteiger partial charge < -0.3 is 10.4 Å². The predicted octanol–water partition coefficient (Wildman–Crippen LogP) is 2.93. The number of halogens is 2. The number of carboxylic acids is 1. The quantitative estimate of drug-likeness (QED) is 0.843. The second-order valence-electron chi connectivity index (χ2n) is 3.82. The number of aromatic carboxylic acids is 1. The monoisotopic (exact) mass is 338 g/mol. The number of anilines is 1.